The molecule has 0 aromatic heterocycles. The number of rotatable bonds is 28. The lowest BCUT2D eigenvalue weighted by molar-refractivity contribution is -0.132. The first-order chi connectivity index (χ1) is 20.3. The average molecular weight is 593 g/mol. The van der Waals surface area contributed by atoms with Gasteiger partial charge in [-0.2, -0.15) is 0 Å². The highest BCUT2D eigenvalue weighted by atomic mass is 16.4. The number of allylic oxidation sites excluding steroid dienone is 6. The van der Waals surface area contributed by atoms with Crippen LogP contribution in [-0.4, -0.2) is 44.6 Å². The van der Waals surface area contributed by atoms with Crippen molar-refractivity contribution >= 4 is 11.9 Å². The van der Waals surface area contributed by atoms with Gasteiger partial charge in [-0.05, 0) is 51.4 Å². The summed E-state index contributed by atoms with van der Waals surface area (Å²) in [5.41, 5.74) is 0. The van der Waals surface area contributed by atoms with Crippen LogP contribution in [0, 0.1) is 0 Å². The first-order valence-corrected chi connectivity index (χ1v) is 16.8. The van der Waals surface area contributed by atoms with Crippen LogP contribution in [0.2, 0.25) is 0 Å². The van der Waals surface area contributed by atoms with E-state index in [1.54, 1.807) is 24.3 Å². The predicted molar refractivity (Wildman–Crippen MR) is 177 cm³/mol. The third-order valence-corrected chi connectivity index (χ3v) is 7.07. The number of hydrogen-bond acceptors (Lipinski definition) is 4. The van der Waals surface area contributed by atoms with E-state index in [1.807, 2.05) is 12.2 Å². The molecule has 0 heterocycles. The van der Waals surface area contributed by atoms with Crippen molar-refractivity contribution in [3.05, 3.63) is 48.6 Å². The van der Waals surface area contributed by atoms with E-state index in [0.717, 1.165) is 89.2 Å². The van der Waals surface area contributed by atoms with Gasteiger partial charge < -0.3 is 20.4 Å². The third kappa shape index (κ3) is 40.0. The van der Waals surface area contributed by atoms with Crippen LogP contribution >= 0.6 is 0 Å². The molecule has 0 saturated carbocycles. The average Bonchev–Trinajstić information content (AvgIpc) is 2.95. The van der Waals surface area contributed by atoms with Crippen molar-refractivity contribution in [3.8, 4) is 0 Å². The van der Waals surface area contributed by atoms with Crippen molar-refractivity contribution in [2.75, 3.05) is 0 Å². The number of hydrogen-bond donors (Lipinski definition) is 4. The van der Waals surface area contributed by atoms with Crippen LogP contribution in [0.15, 0.2) is 48.6 Å². The van der Waals surface area contributed by atoms with Crippen LogP contribution in [0.4, 0.5) is 0 Å². The normalized spacial score (nSPS) is 13.2. The first kappa shape index (κ1) is 42.0. The maximum Gasteiger partial charge on any atom is 0.328 e. The molecule has 0 amide bonds. The molecule has 2 atom stereocenters. The molecule has 0 rings (SSSR count). The van der Waals surface area contributed by atoms with Gasteiger partial charge >= 0.3 is 11.9 Å². The number of carbonyl (C=O) groups is 2. The molecule has 6 nitrogen and oxygen atoms in total. The van der Waals surface area contributed by atoms with Crippen molar-refractivity contribution in [2.45, 2.75) is 167 Å². The molecule has 0 aliphatic rings. The van der Waals surface area contributed by atoms with Gasteiger partial charge in [-0.3, -0.25) is 0 Å². The first-order valence-electron chi connectivity index (χ1n) is 16.8. The fourth-order valence-corrected chi connectivity index (χ4v) is 4.52. The molecule has 0 aliphatic carbocycles. The van der Waals surface area contributed by atoms with Gasteiger partial charge in [0.05, 0.1) is 12.2 Å². The molecule has 4 N–H and O–H groups in total. The van der Waals surface area contributed by atoms with E-state index in [-0.39, 0.29) is 12.2 Å². The Morgan fingerprint density at radius 1 is 0.476 bits per heavy atom. The summed E-state index contributed by atoms with van der Waals surface area (Å²) in [5.74, 6) is -1.81. The Labute approximate surface area is 257 Å². The molecule has 6 heteroatoms. The number of aliphatic hydroxyl groups excluding tert-OH is 2. The second-order valence-electron chi connectivity index (χ2n) is 11.2. The summed E-state index contributed by atoms with van der Waals surface area (Å²) in [6.45, 7) is 4.37. The van der Waals surface area contributed by atoms with Crippen LogP contribution in [-0.2, 0) is 9.59 Å². The minimum atomic E-state index is -0.906. The van der Waals surface area contributed by atoms with Crippen LogP contribution in [0.1, 0.15) is 155 Å². The zero-order valence-corrected chi connectivity index (χ0v) is 26.9. The second-order valence-corrected chi connectivity index (χ2v) is 11.2. The summed E-state index contributed by atoms with van der Waals surface area (Å²) in [6, 6.07) is 0. The van der Waals surface area contributed by atoms with E-state index in [9.17, 15) is 19.8 Å². The van der Waals surface area contributed by atoms with E-state index in [4.69, 9.17) is 10.2 Å². The molecular weight excluding hydrogens is 528 g/mol. The third-order valence-electron chi connectivity index (χ3n) is 7.07. The van der Waals surface area contributed by atoms with E-state index >= 15 is 0 Å². The topological polar surface area (TPSA) is 115 Å². The molecule has 2 unspecified atom stereocenters. The van der Waals surface area contributed by atoms with Crippen molar-refractivity contribution in [1.29, 1.82) is 0 Å². The molecule has 244 valence electrons. The maximum atomic E-state index is 10.2. The monoisotopic (exact) mass is 592 g/mol. The molecule has 0 bridgehead atoms. The molecule has 42 heavy (non-hydrogen) atoms. The minimum absolute atomic E-state index is 0.0968. The van der Waals surface area contributed by atoms with Gasteiger partial charge in [-0.15, -0.1) is 0 Å². The summed E-state index contributed by atoms with van der Waals surface area (Å²) in [6.07, 6.45) is 37.7. The van der Waals surface area contributed by atoms with Crippen LogP contribution in [0.5, 0.6) is 0 Å². The molecule has 0 radical (unpaired) electrons. The van der Waals surface area contributed by atoms with E-state index < -0.39 is 11.9 Å². The summed E-state index contributed by atoms with van der Waals surface area (Å²) in [4.78, 5) is 20.4. The fourth-order valence-electron chi connectivity index (χ4n) is 4.52. The van der Waals surface area contributed by atoms with Gasteiger partial charge in [-0.25, -0.2) is 9.59 Å². The zero-order valence-electron chi connectivity index (χ0n) is 26.9. The highest BCUT2D eigenvalue weighted by molar-refractivity contribution is 5.80. The SMILES string of the molecule is CCCCCC(O)CCCCCCCC=CC=CC(=O)O.CCCCCC(O)CCCCCCCC=CC=CC(=O)O. The summed E-state index contributed by atoms with van der Waals surface area (Å²) >= 11 is 0. The van der Waals surface area contributed by atoms with E-state index in [1.165, 1.54) is 64.2 Å². The number of aliphatic hydroxyl groups is 2. The Bertz CT molecular complexity index is 650. The summed E-state index contributed by atoms with van der Waals surface area (Å²) in [5, 5.41) is 36.4. The van der Waals surface area contributed by atoms with Crippen LogP contribution in [0.25, 0.3) is 0 Å². The Morgan fingerprint density at radius 3 is 1.12 bits per heavy atom. The van der Waals surface area contributed by atoms with Gasteiger partial charge in [0.1, 0.15) is 0 Å². The van der Waals surface area contributed by atoms with Crippen molar-refractivity contribution in [2.24, 2.45) is 0 Å². The van der Waals surface area contributed by atoms with Crippen LogP contribution in [0.3, 0.4) is 0 Å². The van der Waals surface area contributed by atoms with Gasteiger partial charge in [0.15, 0.2) is 0 Å². The molecule has 0 aromatic carbocycles. The molecule has 0 saturated heterocycles. The zero-order chi connectivity index (χ0) is 31.5. The minimum Gasteiger partial charge on any atom is -0.478 e. The van der Waals surface area contributed by atoms with Crippen molar-refractivity contribution < 1.29 is 30.0 Å². The molecule has 0 spiro atoms. The van der Waals surface area contributed by atoms with E-state index in [2.05, 4.69) is 13.8 Å². The van der Waals surface area contributed by atoms with Crippen molar-refractivity contribution in [1.82, 2.24) is 0 Å². The van der Waals surface area contributed by atoms with Crippen molar-refractivity contribution in [3.63, 3.8) is 0 Å². The molecular formula is C36H64O6. The Balaban J connectivity index is 0. The summed E-state index contributed by atoms with van der Waals surface area (Å²) in [7, 11) is 0. The Morgan fingerprint density at radius 2 is 0.786 bits per heavy atom. The number of carboxylic acid groups (broad SMARTS) is 2. The largest absolute Gasteiger partial charge is 0.478 e. The number of aliphatic carboxylic acids is 2. The molecule has 0 aliphatic heterocycles. The summed E-state index contributed by atoms with van der Waals surface area (Å²) < 4.78 is 0. The van der Waals surface area contributed by atoms with Gasteiger partial charge in [0, 0.05) is 12.2 Å². The molecule has 0 aromatic rings. The number of unbranched alkanes of at least 4 members (excludes halogenated alkanes) is 14. The van der Waals surface area contributed by atoms with Crippen LogP contribution < -0.4 is 0 Å². The maximum absolute atomic E-state index is 10.2. The second kappa shape index (κ2) is 35.0. The lowest BCUT2D eigenvalue weighted by Crippen LogP contribution is -2.05. The lowest BCUT2D eigenvalue weighted by atomic mass is 10.0. The Hall–Kier alpha value is -2.18. The van der Waals surface area contributed by atoms with Gasteiger partial charge in [0.2, 0.25) is 0 Å². The smallest absolute Gasteiger partial charge is 0.328 e. The Kier molecular flexibility index (Phi) is 35.0. The lowest BCUT2D eigenvalue weighted by Gasteiger charge is -2.09. The highest BCUT2D eigenvalue weighted by Crippen LogP contribution is 2.14. The fraction of sp³-hybridized carbons (Fsp3) is 0.722. The highest BCUT2D eigenvalue weighted by Gasteiger charge is 2.04. The quantitative estimate of drug-likeness (QED) is 0.0408. The standard InChI is InChI=1S/2C18H32O3/c2*1-2-3-11-14-17(19)15-12-9-7-5-4-6-8-10-13-16-18(20)21/h2*8,10,13,16-17,19H,2-7,9,11-12,14-15H2,1H3,(H,20,21). The number of carboxylic acids is 2. The van der Waals surface area contributed by atoms with Gasteiger partial charge in [0.25, 0.3) is 0 Å². The van der Waals surface area contributed by atoms with Gasteiger partial charge in [-0.1, -0.05) is 140 Å². The predicted octanol–water partition coefficient (Wildman–Crippen LogP) is 9.71. The van der Waals surface area contributed by atoms with E-state index in [0.29, 0.717) is 0 Å². The molecule has 0 fully saturated rings.